The fraction of sp³-hybridized carbons (Fsp3) is 0.280. The Balaban J connectivity index is 1.94. The molecule has 0 bridgehead atoms. The van der Waals surface area contributed by atoms with Crippen molar-refractivity contribution in [1.29, 1.82) is 0 Å². The highest BCUT2D eigenvalue weighted by molar-refractivity contribution is 6.08. The topological polar surface area (TPSA) is 87.0 Å². The summed E-state index contributed by atoms with van der Waals surface area (Å²) in [6.07, 6.45) is 2.20. The molecule has 0 radical (unpaired) electrons. The predicted molar refractivity (Wildman–Crippen MR) is 121 cm³/mol. The summed E-state index contributed by atoms with van der Waals surface area (Å²) in [6, 6.07) is 12.2. The number of carbonyl (C=O) groups excluding carboxylic acids is 3. The number of carbonyl (C=O) groups is 3. The normalized spacial score (nSPS) is 15.2. The molecule has 0 N–H and O–H groups in total. The third kappa shape index (κ3) is 3.60. The van der Waals surface area contributed by atoms with E-state index >= 15 is 0 Å². The summed E-state index contributed by atoms with van der Waals surface area (Å²) in [4.78, 5) is 42.8. The van der Waals surface area contributed by atoms with E-state index in [1.807, 2.05) is 25.1 Å². The van der Waals surface area contributed by atoms with E-state index < -0.39 is 17.9 Å². The number of rotatable bonds is 4. The molecular formula is C25H24N2O5. The summed E-state index contributed by atoms with van der Waals surface area (Å²) >= 11 is 0. The van der Waals surface area contributed by atoms with Gasteiger partial charge in [0.05, 0.1) is 24.8 Å². The quantitative estimate of drug-likeness (QED) is 0.587. The van der Waals surface area contributed by atoms with Gasteiger partial charge in [-0.05, 0) is 55.7 Å². The van der Waals surface area contributed by atoms with Gasteiger partial charge in [-0.2, -0.15) is 0 Å². The Bertz CT molecular complexity index is 1240. The van der Waals surface area contributed by atoms with Crippen LogP contribution in [0.2, 0.25) is 0 Å². The predicted octanol–water partition coefficient (Wildman–Crippen LogP) is 3.70. The highest BCUT2D eigenvalue weighted by Gasteiger charge is 2.33. The molecule has 1 aliphatic heterocycles. The highest BCUT2D eigenvalue weighted by Crippen LogP contribution is 2.35. The average molecular weight is 432 g/mol. The van der Waals surface area contributed by atoms with E-state index in [0.29, 0.717) is 29.8 Å². The Morgan fingerprint density at radius 1 is 1.09 bits per heavy atom. The van der Waals surface area contributed by atoms with Gasteiger partial charge in [0.1, 0.15) is 5.92 Å². The number of benzene rings is 2. The molecular weight excluding hydrogens is 408 g/mol. The second-order valence-electron chi connectivity index (χ2n) is 7.58. The van der Waals surface area contributed by atoms with Crippen molar-refractivity contribution in [3.05, 3.63) is 70.4 Å². The number of nitrogens with zero attached hydrogens (tertiary/aromatic N) is 2. The van der Waals surface area contributed by atoms with Crippen molar-refractivity contribution < 1.29 is 23.9 Å². The van der Waals surface area contributed by atoms with E-state index in [9.17, 15) is 14.4 Å². The minimum Gasteiger partial charge on any atom is -0.465 e. The second-order valence-corrected chi connectivity index (χ2v) is 7.58. The lowest BCUT2D eigenvalue weighted by atomic mass is 9.99. The lowest BCUT2D eigenvalue weighted by Gasteiger charge is -2.16. The summed E-state index contributed by atoms with van der Waals surface area (Å²) in [5.41, 5.74) is 3.96. The van der Waals surface area contributed by atoms with Crippen LogP contribution >= 0.6 is 0 Å². The molecule has 1 aliphatic rings. The van der Waals surface area contributed by atoms with Gasteiger partial charge in [-0.25, -0.2) is 4.79 Å². The molecule has 2 heterocycles. The first-order chi connectivity index (χ1) is 15.5. The molecule has 2 aromatic carbocycles. The third-order valence-corrected chi connectivity index (χ3v) is 5.67. The SMILES string of the molecule is CCOC(=O)C1C=NCCc2c1n(C(=O)c1ccc(C(=O)OC)cc1)c1c(C)cccc21. The first-order valence-electron chi connectivity index (χ1n) is 10.5. The maximum Gasteiger partial charge on any atom is 0.337 e. The zero-order chi connectivity index (χ0) is 22.8. The molecule has 7 heteroatoms. The zero-order valence-electron chi connectivity index (χ0n) is 18.3. The maximum atomic E-state index is 13.8. The van der Waals surface area contributed by atoms with Crippen molar-refractivity contribution in [2.75, 3.05) is 20.3 Å². The van der Waals surface area contributed by atoms with Crippen LogP contribution in [0.15, 0.2) is 47.5 Å². The van der Waals surface area contributed by atoms with Gasteiger partial charge < -0.3 is 9.47 Å². The van der Waals surface area contributed by atoms with Crippen LogP contribution < -0.4 is 0 Å². The van der Waals surface area contributed by atoms with E-state index in [2.05, 4.69) is 4.99 Å². The summed E-state index contributed by atoms with van der Waals surface area (Å²) in [5, 5.41) is 0.930. The van der Waals surface area contributed by atoms with Gasteiger partial charge in [0, 0.05) is 29.4 Å². The number of aromatic nitrogens is 1. The van der Waals surface area contributed by atoms with E-state index in [0.717, 1.165) is 22.0 Å². The molecule has 1 aromatic heterocycles. The Kier molecular flexibility index (Phi) is 5.90. The first-order valence-corrected chi connectivity index (χ1v) is 10.5. The van der Waals surface area contributed by atoms with Gasteiger partial charge in [-0.1, -0.05) is 18.2 Å². The minimum absolute atomic E-state index is 0.237. The molecule has 32 heavy (non-hydrogen) atoms. The Labute approximate surface area is 185 Å². The number of aryl methyl sites for hydroxylation is 1. The maximum absolute atomic E-state index is 13.8. The lowest BCUT2D eigenvalue weighted by molar-refractivity contribution is -0.143. The van der Waals surface area contributed by atoms with Crippen LogP contribution in [0.4, 0.5) is 0 Å². The van der Waals surface area contributed by atoms with Crippen LogP contribution in [-0.2, 0) is 20.7 Å². The standard InChI is InChI=1S/C25H24N2O5/c1-4-32-25(30)20-14-26-13-12-19-18-7-5-6-15(2)21(18)27(22(19)20)23(28)16-8-10-17(11-9-16)24(29)31-3/h5-11,14,20H,4,12-13H2,1-3H3. The Hall–Kier alpha value is -3.74. The van der Waals surface area contributed by atoms with E-state index in [4.69, 9.17) is 9.47 Å². The molecule has 3 aromatic rings. The molecule has 1 unspecified atom stereocenters. The second kappa shape index (κ2) is 8.78. The van der Waals surface area contributed by atoms with Crippen molar-refractivity contribution >= 4 is 35.0 Å². The third-order valence-electron chi connectivity index (χ3n) is 5.67. The summed E-state index contributed by atoms with van der Waals surface area (Å²) < 4.78 is 11.7. The molecule has 0 amide bonds. The summed E-state index contributed by atoms with van der Waals surface area (Å²) in [5.74, 6) is -1.97. The Morgan fingerprint density at radius 2 is 1.81 bits per heavy atom. The number of hydrogen-bond acceptors (Lipinski definition) is 6. The number of fused-ring (bicyclic) bond motifs is 3. The zero-order valence-corrected chi connectivity index (χ0v) is 18.3. The number of ether oxygens (including phenoxy) is 2. The van der Waals surface area contributed by atoms with Crippen molar-refractivity contribution in [3.63, 3.8) is 0 Å². The Morgan fingerprint density at radius 3 is 2.50 bits per heavy atom. The van der Waals surface area contributed by atoms with E-state index in [1.165, 1.54) is 7.11 Å². The molecule has 1 atom stereocenters. The molecule has 4 rings (SSSR count). The molecule has 0 saturated heterocycles. The van der Waals surface area contributed by atoms with Gasteiger partial charge in [0.25, 0.3) is 5.91 Å². The lowest BCUT2D eigenvalue weighted by Crippen LogP contribution is -2.24. The van der Waals surface area contributed by atoms with Crippen molar-refractivity contribution in [2.45, 2.75) is 26.2 Å². The smallest absolute Gasteiger partial charge is 0.337 e. The number of methoxy groups -OCH3 is 1. The number of esters is 2. The molecule has 0 spiro atoms. The van der Waals surface area contributed by atoms with Crippen LogP contribution in [0.25, 0.3) is 10.9 Å². The van der Waals surface area contributed by atoms with E-state index in [1.54, 1.807) is 42.0 Å². The molecule has 0 aliphatic carbocycles. The van der Waals surface area contributed by atoms with Gasteiger partial charge in [0.15, 0.2) is 0 Å². The minimum atomic E-state index is -0.780. The number of hydrogen-bond donors (Lipinski definition) is 0. The van der Waals surface area contributed by atoms with Crippen molar-refractivity contribution in [1.82, 2.24) is 4.57 Å². The number of aliphatic imine (C=N–C) groups is 1. The molecule has 164 valence electrons. The average Bonchev–Trinajstić information content (AvgIpc) is 2.97. The van der Waals surface area contributed by atoms with Crippen LogP contribution in [0.1, 0.15) is 50.4 Å². The van der Waals surface area contributed by atoms with Crippen molar-refractivity contribution in [3.8, 4) is 0 Å². The van der Waals surface area contributed by atoms with Crippen LogP contribution in [0.3, 0.4) is 0 Å². The van der Waals surface area contributed by atoms with Crippen LogP contribution in [-0.4, -0.2) is 48.9 Å². The fourth-order valence-electron chi connectivity index (χ4n) is 4.22. The fourth-order valence-corrected chi connectivity index (χ4v) is 4.22. The largest absolute Gasteiger partial charge is 0.465 e. The highest BCUT2D eigenvalue weighted by atomic mass is 16.5. The van der Waals surface area contributed by atoms with Gasteiger partial charge >= 0.3 is 11.9 Å². The number of para-hydroxylation sites is 1. The molecule has 0 fully saturated rings. The summed E-state index contributed by atoms with van der Waals surface area (Å²) in [7, 11) is 1.31. The van der Waals surface area contributed by atoms with Crippen LogP contribution in [0, 0.1) is 6.92 Å². The van der Waals surface area contributed by atoms with E-state index in [-0.39, 0.29) is 12.5 Å². The first kappa shape index (κ1) is 21.5. The summed E-state index contributed by atoms with van der Waals surface area (Å²) in [6.45, 7) is 4.46. The monoisotopic (exact) mass is 432 g/mol. The van der Waals surface area contributed by atoms with Crippen molar-refractivity contribution in [2.24, 2.45) is 4.99 Å². The molecule has 0 saturated carbocycles. The van der Waals surface area contributed by atoms with Gasteiger partial charge in [-0.3, -0.25) is 19.1 Å². The van der Waals surface area contributed by atoms with Gasteiger partial charge in [0.2, 0.25) is 0 Å². The van der Waals surface area contributed by atoms with Crippen LogP contribution in [0.5, 0.6) is 0 Å². The molecule has 7 nitrogen and oxygen atoms in total. The van der Waals surface area contributed by atoms with Gasteiger partial charge in [-0.15, -0.1) is 0 Å².